The van der Waals surface area contributed by atoms with E-state index >= 15 is 0 Å². The van der Waals surface area contributed by atoms with Crippen LogP contribution in [0.2, 0.25) is 0 Å². The van der Waals surface area contributed by atoms with Gasteiger partial charge in [-0.15, -0.1) is 0 Å². The second-order valence-corrected chi connectivity index (χ2v) is 8.04. The summed E-state index contributed by atoms with van der Waals surface area (Å²) in [5, 5.41) is 2.60. The van der Waals surface area contributed by atoms with Crippen LogP contribution >= 0.6 is 12.2 Å². The molecule has 0 aliphatic carbocycles. The van der Waals surface area contributed by atoms with Gasteiger partial charge in [0.05, 0.1) is 0 Å². The molecule has 0 fully saturated rings. The SMILES string of the molecule is CC(C)(C(=O)NC(C(N)=S)c1ccccc1)S(C)(=O)=O. The molecule has 1 aromatic rings. The van der Waals surface area contributed by atoms with E-state index in [1.807, 2.05) is 6.07 Å². The van der Waals surface area contributed by atoms with Gasteiger partial charge in [-0.05, 0) is 19.4 Å². The Morgan fingerprint density at radius 2 is 1.80 bits per heavy atom. The maximum absolute atomic E-state index is 12.2. The molecule has 1 unspecified atom stereocenters. The van der Waals surface area contributed by atoms with E-state index in [-0.39, 0.29) is 4.99 Å². The summed E-state index contributed by atoms with van der Waals surface area (Å²) in [5.41, 5.74) is 6.34. The molecule has 0 heterocycles. The predicted molar refractivity (Wildman–Crippen MR) is 83.0 cm³/mol. The summed E-state index contributed by atoms with van der Waals surface area (Å²) in [6.45, 7) is 2.69. The van der Waals surface area contributed by atoms with Crippen molar-refractivity contribution in [3.63, 3.8) is 0 Å². The minimum Gasteiger partial charge on any atom is -0.391 e. The Morgan fingerprint density at radius 1 is 1.30 bits per heavy atom. The summed E-state index contributed by atoms with van der Waals surface area (Å²) in [6, 6.07) is 8.22. The van der Waals surface area contributed by atoms with Gasteiger partial charge in [0.15, 0.2) is 9.84 Å². The molecule has 1 amide bonds. The van der Waals surface area contributed by atoms with Crippen LogP contribution in [0.4, 0.5) is 0 Å². The van der Waals surface area contributed by atoms with Gasteiger partial charge in [-0.1, -0.05) is 42.5 Å². The molecule has 1 atom stereocenters. The van der Waals surface area contributed by atoms with Gasteiger partial charge in [-0.3, -0.25) is 4.79 Å². The van der Waals surface area contributed by atoms with Crippen LogP contribution in [0.25, 0.3) is 0 Å². The van der Waals surface area contributed by atoms with E-state index in [1.165, 1.54) is 13.8 Å². The van der Waals surface area contributed by atoms with Gasteiger partial charge in [0, 0.05) is 6.26 Å². The minimum absolute atomic E-state index is 0.0776. The zero-order valence-corrected chi connectivity index (χ0v) is 13.2. The van der Waals surface area contributed by atoms with Crippen LogP contribution in [-0.4, -0.2) is 30.3 Å². The van der Waals surface area contributed by atoms with Gasteiger partial charge in [-0.25, -0.2) is 8.42 Å². The first-order valence-electron chi connectivity index (χ1n) is 5.92. The number of carbonyl (C=O) groups excluding carboxylic acids is 1. The number of carbonyl (C=O) groups is 1. The lowest BCUT2D eigenvalue weighted by Crippen LogP contribution is -2.50. The largest absolute Gasteiger partial charge is 0.391 e. The summed E-state index contributed by atoms with van der Waals surface area (Å²) in [4.78, 5) is 12.3. The summed E-state index contributed by atoms with van der Waals surface area (Å²) in [6.07, 6.45) is 1.02. The highest BCUT2D eigenvalue weighted by Gasteiger charge is 2.39. The minimum atomic E-state index is -3.55. The lowest BCUT2D eigenvalue weighted by Gasteiger charge is -2.25. The van der Waals surface area contributed by atoms with Crippen molar-refractivity contribution < 1.29 is 13.2 Å². The first-order valence-corrected chi connectivity index (χ1v) is 8.22. The fourth-order valence-electron chi connectivity index (χ4n) is 1.44. The van der Waals surface area contributed by atoms with E-state index in [0.717, 1.165) is 6.26 Å². The van der Waals surface area contributed by atoms with Crippen molar-refractivity contribution in [2.45, 2.75) is 24.6 Å². The third-order valence-electron chi connectivity index (χ3n) is 3.17. The Balaban J connectivity index is 3.05. The van der Waals surface area contributed by atoms with E-state index in [9.17, 15) is 13.2 Å². The molecule has 0 aliphatic rings. The normalized spacial score (nSPS) is 13.6. The number of hydrogen-bond donors (Lipinski definition) is 2. The van der Waals surface area contributed by atoms with Crippen LogP contribution in [0.5, 0.6) is 0 Å². The quantitative estimate of drug-likeness (QED) is 0.790. The average molecular weight is 314 g/mol. The molecule has 1 aromatic carbocycles. The molecule has 3 N–H and O–H groups in total. The lowest BCUT2D eigenvalue weighted by atomic mass is 10.1. The maximum atomic E-state index is 12.2. The number of nitrogens with one attached hydrogen (secondary N) is 1. The number of nitrogens with two attached hydrogens (primary N) is 1. The van der Waals surface area contributed by atoms with E-state index in [4.69, 9.17) is 18.0 Å². The highest BCUT2D eigenvalue weighted by atomic mass is 32.2. The fourth-order valence-corrected chi connectivity index (χ4v) is 2.03. The molecule has 5 nitrogen and oxygen atoms in total. The molecule has 0 radical (unpaired) electrons. The van der Waals surface area contributed by atoms with E-state index in [1.54, 1.807) is 24.3 Å². The van der Waals surface area contributed by atoms with Crippen LogP contribution in [0.3, 0.4) is 0 Å². The van der Waals surface area contributed by atoms with Crippen molar-refractivity contribution in [1.82, 2.24) is 5.32 Å². The lowest BCUT2D eigenvalue weighted by molar-refractivity contribution is -0.123. The second kappa shape index (κ2) is 5.88. The topological polar surface area (TPSA) is 89.3 Å². The zero-order chi connectivity index (χ0) is 15.6. The van der Waals surface area contributed by atoms with Crippen LogP contribution in [-0.2, 0) is 14.6 Å². The van der Waals surface area contributed by atoms with Gasteiger partial charge < -0.3 is 11.1 Å². The number of thiocarbonyl (C=S) groups is 1. The Labute approximate surface area is 124 Å². The molecule has 0 aliphatic heterocycles. The zero-order valence-electron chi connectivity index (χ0n) is 11.6. The van der Waals surface area contributed by atoms with Crippen molar-refractivity contribution >= 4 is 33.0 Å². The monoisotopic (exact) mass is 314 g/mol. The Bertz CT molecular complexity index is 610. The molecule has 7 heteroatoms. The van der Waals surface area contributed by atoms with Gasteiger partial charge >= 0.3 is 0 Å². The molecule has 0 saturated heterocycles. The van der Waals surface area contributed by atoms with E-state index in [0.29, 0.717) is 5.56 Å². The first kappa shape index (κ1) is 16.6. The predicted octanol–water partition coefficient (Wildman–Crippen LogP) is 0.953. The summed E-state index contributed by atoms with van der Waals surface area (Å²) in [5.74, 6) is -0.637. The molecule has 0 saturated carbocycles. The Hall–Kier alpha value is -1.47. The standard InChI is InChI=1S/C13H18N2O3S2/c1-13(2,20(3,17)18)12(16)15-10(11(14)19)9-7-5-4-6-8-9/h4-8,10H,1-3H3,(H2,14,19)(H,15,16). The van der Waals surface area contributed by atoms with Crippen molar-refractivity contribution in [2.75, 3.05) is 6.26 Å². The van der Waals surface area contributed by atoms with Crippen LogP contribution in [0.15, 0.2) is 30.3 Å². The van der Waals surface area contributed by atoms with Crippen molar-refractivity contribution in [2.24, 2.45) is 5.73 Å². The first-order chi connectivity index (χ1) is 9.07. The summed E-state index contributed by atoms with van der Waals surface area (Å²) in [7, 11) is -3.55. The number of benzene rings is 1. The average Bonchev–Trinajstić information content (AvgIpc) is 2.34. The molecule has 0 spiro atoms. The second-order valence-electron chi connectivity index (χ2n) is 5.00. The van der Waals surface area contributed by atoms with Gasteiger partial charge in [0.25, 0.3) is 0 Å². The highest BCUT2D eigenvalue weighted by Crippen LogP contribution is 2.19. The maximum Gasteiger partial charge on any atom is 0.241 e. The van der Waals surface area contributed by atoms with Crippen molar-refractivity contribution in [3.05, 3.63) is 35.9 Å². The van der Waals surface area contributed by atoms with Gasteiger partial charge in [0.1, 0.15) is 15.8 Å². The van der Waals surface area contributed by atoms with Crippen LogP contribution in [0.1, 0.15) is 25.5 Å². The van der Waals surface area contributed by atoms with Gasteiger partial charge in [-0.2, -0.15) is 0 Å². The number of rotatable bonds is 5. The molecule has 110 valence electrons. The Morgan fingerprint density at radius 3 is 2.20 bits per heavy atom. The fraction of sp³-hybridized carbons (Fsp3) is 0.385. The van der Waals surface area contributed by atoms with Crippen molar-refractivity contribution in [3.8, 4) is 0 Å². The smallest absolute Gasteiger partial charge is 0.241 e. The summed E-state index contributed by atoms with van der Waals surface area (Å²) >= 11 is 4.95. The third kappa shape index (κ3) is 3.55. The molecule has 0 aromatic heterocycles. The molecular formula is C13H18N2O3S2. The molecule has 20 heavy (non-hydrogen) atoms. The Kier molecular flexibility index (Phi) is 4.88. The number of sulfone groups is 1. The van der Waals surface area contributed by atoms with E-state index < -0.39 is 26.5 Å². The van der Waals surface area contributed by atoms with Gasteiger partial charge in [0.2, 0.25) is 5.91 Å². The highest BCUT2D eigenvalue weighted by molar-refractivity contribution is 7.92. The number of hydrogen-bond acceptors (Lipinski definition) is 4. The third-order valence-corrected chi connectivity index (χ3v) is 5.44. The van der Waals surface area contributed by atoms with E-state index in [2.05, 4.69) is 5.32 Å². The van der Waals surface area contributed by atoms with Crippen LogP contribution < -0.4 is 11.1 Å². The van der Waals surface area contributed by atoms with Crippen molar-refractivity contribution in [1.29, 1.82) is 0 Å². The molecular weight excluding hydrogens is 296 g/mol. The van der Waals surface area contributed by atoms with Crippen LogP contribution in [0, 0.1) is 0 Å². The number of amides is 1. The molecule has 0 bridgehead atoms. The molecule has 1 rings (SSSR count). The summed E-state index contributed by atoms with van der Waals surface area (Å²) < 4.78 is 21.8.